The minimum Gasteiger partial charge on any atom is -0.324 e. The van der Waals surface area contributed by atoms with Crippen LogP contribution in [-0.2, 0) is 17.4 Å². The van der Waals surface area contributed by atoms with Crippen LogP contribution in [0.1, 0.15) is 59.6 Å². The van der Waals surface area contributed by atoms with E-state index < -0.39 is 0 Å². The minimum absolute atomic E-state index is 0.0894. The van der Waals surface area contributed by atoms with Crippen molar-refractivity contribution in [1.82, 2.24) is 9.55 Å². The lowest BCUT2D eigenvalue weighted by atomic mass is 9.82. The first-order valence-corrected chi connectivity index (χ1v) is 18.3. The highest BCUT2D eigenvalue weighted by Gasteiger charge is 2.20. The van der Waals surface area contributed by atoms with Crippen molar-refractivity contribution < 1.29 is 0 Å². The van der Waals surface area contributed by atoms with Crippen molar-refractivity contribution in [2.45, 2.75) is 65.8 Å². The fourth-order valence-corrected chi connectivity index (χ4v) is 7.68. The Morgan fingerprint density at radius 2 is 0.902 bits per heavy atom. The average Bonchev–Trinajstić information content (AvgIpc) is 3.52. The molecule has 0 aliphatic carbocycles. The molecule has 0 amide bonds. The normalized spacial score (nSPS) is 12.3. The number of fused-ring (bicyclic) bond motifs is 3. The van der Waals surface area contributed by atoms with Crippen molar-refractivity contribution in [3.05, 3.63) is 151 Å². The summed E-state index contributed by atoms with van der Waals surface area (Å²) in [6, 6.07) is 51.9. The van der Waals surface area contributed by atoms with Crippen LogP contribution in [0, 0.1) is 0 Å². The Balaban J connectivity index is 1.33. The van der Waals surface area contributed by atoms with E-state index in [4.69, 9.17) is 4.98 Å². The molecule has 2 nitrogen and oxygen atoms in total. The Bertz CT molecular complexity index is 2530. The van der Waals surface area contributed by atoms with Crippen LogP contribution in [0.5, 0.6) is 0 Å². The SMILES string of the molecule is CCn1c(-c2ccc(-c3ccc4c(-c5ccc(C(C)(C)C)cc5)c5ccccc5c(-c5ccc(C(C)(C)C)cc5)c4c3)cc2)nc2ccccc21. The largest absolute Gasteiger partial charge is 0.324 e. The lowest BCUT2D eigenvalue weighted by Crippen LogP contribution is -2.10. The molecule has 1 heterocycles. The van der Waals surface area contributed by atoms with E-state index in [9.17, 15) is 0 Å². The molecule has 8 aromatic rings. The summed E-state index contributed by atoms with van der Waals surface area (Å²) in [6.07, 6.45) is 0. The first kappa shape index (κ1) is 32.7. The number of nitrogens with zero attached hydrogens (tertiary/aromatic N) is 2. The number of benzene rings is 7. The summed E-state index contributed by atoms with van der Waals surface area (Å²) in [4.78, 5) is 5.01. The number of aromatic nitrogens is 2. The zero-order valence-corrected chi connectivity index (χ0v) is 30.9. The van der Waals surface area contributed by atoms with E-state index in [2.05, 4.69) is 193 Å². The molecular formula is C49H46N2. The van der Waals surface area contributed by atoms with Crippen LogP contribution in [0.4, 0.5) is 0 Å². The van der Waals surface area contributed by atoms with Gasteiger partial charge in [-0.05, 0) is 102 Å². The summed E-state index contributed by atoms with van der Waals surface area (Å²) in [5.41, 5.74) is 13.7. The third kappa shape index (κ3) is 5.83. The Kier molecular flexibility index (Phi) is 7.95. The van der Waals surface area contributed by atoms with E-state index in [0.717, 1.165) is 23.4 Å². The van der Waals surface area contributed by atoms with E-state index in [1.807, 2.05) is 0 Å². The van der Waals surface area contributed by atoms with Gasteiger partial charge in [0.2, 0.25) is 0 Å². The van der Waals surface area contributed by atoms with Gasteiger partial charge in [0.15, 0.2) is 0 Å². The zero-order chi connectivity index (χ0) is 35.5. The smallest absolute Gasteiger partial charge is 0.141 e. The van der Waals surface area contributed by atoms with Gasteiger partial charge in [-0.3, -0.25) is 0 Å². The number of para-hydroxylation sites is 2. The van der Waals surface area contributed by atoms with Crippen LogP contribution in [-0.4, -0.2) is 9.55 Å². The van der Waals surface area contributed by atoms with Gasteiger partial charge >= 0.3 is 0 Å². The van der Waals surface area contributed by atoms with Gasteiger partial charge in [0.05, 0.1) is 11.0 Å². The molecule has 1 aromatic heterocycles. The number of imidazole rings is 1. The molecule has 0 aliphatic heterocycles. The lowest BCUT2D eigenvalue weighted by Gasteiger charge is -2.22. The van der Waals surface area contributed by atoms with E-state index in [-0.39, 0.29) is 10.8 Å². The van der Waals surface area contributed by atoms with Gasteiger partial charge in [-0.15, -0.1) is 0 Å². The van der Waals surface area contributed by atoms with Gasteiger partial charge < -0.3 is 4.57 Å². The molecule has 0 fully saturated rings. The third-order valence-corrected chi connectivity index (χ3v) is 10.6. The van der Waals surface area contributed by atoms with Gasteiger partial charge in [0.25, 0.3) is 0 Å². The van der Waals surface area contributed by atoms with E-state index in [1.165, 1.54) is 71.6 Å². The number of aryl methyl sites for hydroxylation is 1. The van der Waals surface area contributed by atoms with Gasteiger partial charge in [0, 0.05) is 12.1 Å². The Hall–Kier alpha value is -5.47. The molecule has 0 saturated heterocycles. The molecule has 0 spiro atoms. The zero-order valence-electron chi connectivity index (χ0n) is 30.9. The predicted molar refractivity (Wildman–Crippen MR) is 220 cm³/mol. The number of hydrogen-bond donors (Lipinski definition) is 0. The van der Waals surface area contributed by atoms with Crippen LogP contribution in [0.15, 0.2) is 140 Å². The second kappa shape index (κ2) is 12.4. The van der Waals surface area contributed by atoms with Crippen LogP contribution in [0.3, 0.4) is 0 Å². The molecule has 51 heavy (non-hydrogen) atoms. The first-order chi connectivity index (χ1) is 24.5. The van der Waals surface area contributed by atoms with Crippen LogP contribution >= 0.6 is 0 Å². The van der Waals surface area contributed by atoms with Crippen molar-refractivity contribution in [2.24, 2.45) is 0 Å². The average molecular weight is 663 g/mol. The van der Waals surface area contributed by atoms with Crippen LogP contribution < -0.4 is 0 Å². The summed E-state index contributed by atoms with van der Waals surface area (Å²) >= 11 is 0. The summed E-state index contributed by atoms with van der Waals surface area (Å²) in [5.74, 6) is 1.01. The van der Waals surface area contributed by atoms with Crippen molar-refractivity contribution in [2.75, 3.05) is 0 Å². The third-order valence-electron chi connectivity index (χ3n) is 10.6. The molecule has 2 heteroatoms. The van der Waals surface area contributed by atoms with Crippen molar-refractivity contribution in [1.29, 1.82) is 0 Å². The second-order valence-corrected chi connectivity index (χ2v) is 16.0. The second-order valence-electron chi connectivity index (χ2n) is 16.0. The van der Waals surface area contributed by atoms with Gasteiger partial charge in [-0.25, -0.2) is 4.98 Å². The summed E-state index contributed by atoms with van der Waals surface area (Å²) in [7, 11) is 0. The van der Waals surface area contributed by atoms with Gasteiger partial charge in [-0.1, -0.05) is 163 Å². The molecule has 0 N–H and O–H groups in total. The number of hydrogen-bond acceptors (Lipinski definition) is 1. The summed E-state index contributed by atoms with van der Waals surface area (Å²) in [6.45, 7) is 16.7. The van der Waals surface area contributed by atoms with Gasteiger partial charge in [0.1, 0.15) is 5.82 Å². The highest BCUT2D eigenvalue weighted by atomic mass is 15.1. The van der Waals surface area contributed by atoms with Gasteiger partial charge in [-0.2, -0.15) is 0 Å². The predicted octanol–water partition coefficient (Wildman–Crippen LogP) is 13.6. The van der Waals surface area contributed by atoms with Crippen LogP contribution in [0.25, 0.3) is 77.3 Å². The molecule has 0 aliphatic rings. The molecule has 7 aromatic carbocycles. The van der Waals surface area contributed by atoms with Crippen molar-refractivity contribution in [3.8, 4) is 44.8 Å². The lowest BCUT2D eigenvalue weighted by molar-refractivity contribution is 0.590. The summed E-state index contributed by atoms with van der Waals surface area (Å²) in [5, 5.41) is 5.08. The standard InChI is InChI=1S/C49H46N2/c1-8-51-44-16-12-11-15-43(44)50-47(51)35-19-17-32(18-20-35)36-25-30-41-42(31-36)46(34-23-28-38(29-24-34)49(5,6)7)40-14-10-9-13-39(40)45(41)33-21-26-37(27-22-33)48(2,3)4/h9-31H,8H2,1-7H3. The fourth-order valence-electron chi connectivity index (χ4n) is 7.68. The summed E-state index contributed by atoms with van der Waals surface area (Å²) < 4.78 is 2.30. The molecule has 0 saturated carbocycles. The molecule has 0 radical (unpaired) electrons. The molecular weight excluding hydrogens is 617 g/mol. The molecule has 0 bridgehead atoms. The fraction of sp³-hybridized carbons (Fsp3) is 0.204. The van der Waals surface area contributed by atoms with Crippen molar-refractivity contribution in [3.63, 3.8) is 0 Å². The molecule has 8 rings (SSSR count). The Morgan fingerprint density at radius 3 is 1.45 bits per heavy atom. The van der Waals surface area contributed by atoms with E-state index >= 15 is 0 Å². The van der Waals surface area contributed by atoms with E-state index in [0.29, 0.717) is 0 Å². The maximum atomic E-state index is 5.01. The maximum absolute atomic E-state index is 5.01. The Morgan fingerprint density at radius 1 is 0.451 bits per heavy atom. The highest BCUT2D eigenvalue weighted by molar-refractivity contribution is 6.22. The topological polar surface area (TPSA) is 17.8 Å². The monoisotopic (exact) mass is 662 g/mol. The maximum Gasteiger partial charge on any atom is 0.141 e. The van der Waals surface area contributed by atoms with E-state index in [1.54, 1.807) is 0 Å². The quantitative estimate of drug-likeness (QED) is 0.168. The minimum atomic E-state index is 0.0894. The molecule has 252 valence electrons. The highest BCUT2D eigenvalue weighted by Crippen LogP contribution is 2.45. The van der Waals surface area contributed by atoms with Crippen LogP contribution in [0.2, 0.25) is 0 Å². The first-order valence-electron chi connectivity index (χ1n) is 18.3. The Labute approximate surface area is 302 Å². The van der Waals surface area contributed by atoms with Crippen molar-refractivity contribution >= 4 is 32.6 Å². The molecule has 0 unspecified atom stereocenters. The molecule has 0 atom stereocenters. The number of rotatable bonds is 5.